The second-order valence-corrected chi connectivity index (χ2v) is 5.85. The Labute approximate surface area is 159 Å². The van der Waals surface area contributed by atoms with E-state index in [9.17, 15) is 9.59 Å². The molecule has 3 aromatic carbocycles. The second-order valence-electron chi connectivity index (χ2n) is 5.85. The van der Waals surface area contributed by atoms with Crippen molar-refractivity contribution in [2.75, 3.05) is 10.6 Å². The molecule has 0 fully saturated rings. The van der Waals surface area contributed by atoms with Gasteiger partial charge in [0, 0.05) is 11.4 Å². The normalized spacial score (nSPS) is 10.4. The van der Waals surface area contributed by atoms with Gasteiger partial charge in [0.25, 0.3) is 0 Å². The molecule has 0 aliphatic carbocycles. The van der Waals surface area contributed by atoms with Gasteiger partial charge in [0.2, 0.25) is 0 Å². The first-order valence-electron chi connectivity index (χ1n) is 8.45. The number of anilines is 2. The number of nitrogens with zero attached hydrogens (tertiary/aromatic N) is 3. The number of carbonyl (C=O) groups excluding carboxylic acids is 2. The van der Waals surface area contributed by atoms with Crippen molar-refractivity contribution in [2.45, 2.75) is 0 Å². The molecule has 2 N–H and O–H groups in total. The predicted molar refractivity (Wildman–Crippen MR) is 104 cm³/mol. The molecular weight excluding hydrogens is 358 g/mol. The van der Waals surface area contributed by atoms with Gasteiger partial charge in [0.15, 0.2) is 0 Å². The Balaban J connectivity index is 1.40. The third-order valence-corrected chi connectivity index (χ3v) is 3.90. The molecule has 0 atom stereocenters. The van der Waals surface area contributed by atoms with E-state index >= 15 is 0 Å². The molecule has 8 nitrogen and oxygen atoms in total. The molecule has 0 saturated carbocycles. The maximum Gasteiger partial charge on any atom is 0.365 e. The molecule has 0 unspecified atom stereocenters. The van der Waals surface area contributed by atoms with Crippen LogP contribution in [0.5, 0.6) is 0 Å². The van der Waals surface area contributed by atoms with Crippen molar-refractivity contribution in [3.8, 4) is 0 Å². The molecule has 4 rings (SSSR count). The van der Waals surface area contributed by atoms with E-state index in [1.165, 1.54) is 0 Å². The molecule has 1 aromatic heterocycles. The van der Waals surface area contributed by atoms with Crippen LogP contribution in [0.3, 0.4) is 0 Å². The summed E-state index contributed by atoms with van der Waals surface area (Å²) in [5, 5.41) is 13.2. The highest BCUT2D eigenvalue weighted by Crippen LogP contribution is 2.13. The Bertz CT molecular complexity index is 1120. The number of para-hydroxylation sites is 2. The van der Waals surface area contributed by atoms with E-state index in [0.29, 0.717) is 28.0 Å². The lowest BCUT2D eigenvalue weighted by atomic mass is 10.2. The number of urea groups is 1. The van der Waals surface area contributed by atoms with E-state index in [0.717, 1.165) is 4.85 Å². The molecule has 0 saturated heterocycles. The number of nitrogens with one attached hydrogen (secondary N) is 2. The van der Waals surface area contributed by atoms with Crippen LogP contribution in [0, 0.1) is 0 Å². The van der Waals surface area contributed by atoms with E-state index in [-0.39, 0.29) is 6.03 Å². The van der Waals surface area contributed by atoms with Crippen molar-refractivity contribution in [1.29, 1.82) is 0 Å². The second kappa shape index (κ2) is 7.58. The minimum absolute atomic E-state index is 0.314. The average molecular weight is 373 g/mol. The summed E-state index contributed by atoms with van der Waals surface area (Å²) in [4.78, 5) is 30.7. The number of amides is 2. The molecular formula is C20H15N5O3. The summed E-state index contributed by atoms with van der Waals surface area (Å²) in [6.45, 7) is 0. The highest BCUT2D eigenvalue weighted by Gasteiger charge is 2.12. The van der Waals surface area contributed by atoms with Gasteiger partial charge < -0.3 is 15.5 Å². The monoisotopic (exact) mass is 373 g/mol. The Kier molecular flexibility index (Phi) is 4.67. The molecule has 0 radical (unpaired) electrons. The lowest BCUT2D eigenvalue weighted by Crippen LogP contribution is -2.21. The van der Waals surface area contributed by atoms with Crippen molar-refractivity contribution in [3.05, 3.63) is 84.4 Å². The quantitative estimate of drug-likeness (QED) is 0.535. The van der Waals surface area contributed by atoms with Crippen LogP contribution in [0.4, 0.5) is 16.2 Å². The Hall–Kier alpha value is -4.20. The average Bonchev–Trinajstić information content (AvgIpc) is 3.12. The molecule has 0 aliphatic rings. The summed E-state index contributed by atoms with van der Waals surface area (Å²) >= 11 is 0. The number of aromatic nitrogens is 3. The summed E-state index contributed by atoms with van der Waals surface area (Å²) in [7, 11) is 0. The number of hydrogen-bond acceptors (Lipinski definition) is 5. The first-order chi connectivity index (χ1) is 13.7. The number of benzene rings is 3. The molecule has 2 amide bonds. The van der Waals surface area contributed by atoms with Gasteiger partial charge in [-0.2, -0.15) is 0 Å². The lowest BCUT2D eigenvalue weighted by molar-refractivity contribution is 0.0409. The summed E-state index contributed by atoms with van der Waals surface area (Å²) in [5.74, 6) is -0.587. The van der Waals surface area contributed by atoms with Crippen molar-refractivity contribution in [2.24, 2.45) is 0 Å². The predicted octanol–water partition coefficient (Wildman–Crippen LogP) is 3.34. The zero-order valence-corrected chi connectivity index (χ0v) is 14.6. The van der Waals surface area contributed by atoms with Crippen LogP contribution in [-0.2, 0) is 0 Å². The molecule has 8 heteroatoms. The highest BCUT2D eigenvalue weighted by molar-refractivity contribution is 6.00. The van der Waals surface area contributed by atoms with Crippen LogP contribution in [-0.4, -0.2) is 27.2 Å². The fraction of sp³-hybridized carbons (Fsp3) is 0. The number of rotatable bonds is 4. The SMILES string of the molecule is O=C(Nc1ccccc1)Nc1ccc(C(=O)On2nnc3ccccc32)cc1. The van der Waals surface area contributed by atoms with E-state index in [1.807, 2.05) is 24.3 Å². The first-order valence-corrected chi connectivity index (χ1v) is 8.45. The standard InChI is InChI=1S/C20H15N5O3/c26-19(28-25-18-9-5-4-8-17(18)23-24-25)14-10-12-16(13-11-14)22-20(27)21-15-6-2-1-3-7-15/h1-13H,(H2,21,22,27). The van der Waals surface area contributed by atoms with Gasteiger partial charge >= 0.3 is 12.0 Å². The van der Waals surface area contributed by atoms with Crippen molar-refractivity contribution in [1.82, 2.24) is 15.2 Å². The first kappa shape index (κ1) is 17.2. The molecule has 28 heavy (non-hydrogen) atoms. The highest BCUT2D eigenvalue weighted by atomic mass is 16.7. The van der Waals surface area contributed by atoms with E-state index < -0.39 is 5.97 Å². The van der Waals surface area contributed by atoms with Crippen LogP contribution >= 0.6 is 0 Å². The molecule has 0 bridgehead atoms. The Morgan fingerprint density at radius 2 is 1.43 bits per heavy atom. The largest absolute Gasteiger partial charge is 0.365 e. The van der Waals surface area contributed by atoms with E-state index in [4.69, 9.17) is 4.84 Å². The Morgan fingerprint density at radius 1 is 0.786 bits per heavy atom. The Morgan fingerprint density at radius 3 is 2.18 bits per heavy atom. The zero-order valence-electron chi connectivity index (χ0n) is 14.6. The zero-order chi connectivity index (χ0) is 19.3. The van der Waals surface area contributed by atoms with Gasteiger partial charge in [-0.3, -0.25) is 0 Å². The van der Waals surface area contributed by atoms with Crippen LogP contribution in [0.1, 0.15) is 10.4 Å². The smallest absolute Gasteiger partial charge is 0.312 e. The van der Waals surface area contributed by atoms with Crippen LogP contribution in [0.15, 0.2) is 78.9 Å². The molecule has 0 spiro atoms. The maximum absolute atomic E-state index is 12.3. The fourth-order valence-corrected chi connectivity index (χ4v) is 2.55. The lowest BCUT2D eigenvalue weighted by Gasteiger charge is -2.08. The van der Waals surface area contributed by atoms with E-state index in [1.54, 1.807) is 54.6 Å². The molecule has 138 valence electrons. The summed E-state index contributed by atoms with van der Waals surface area (Å²) in [6.07, 6.45) is 0. The topological polar surface area (TPSA) is 98.1 Å². The minimum Gasteiger partial charge on any atom is -0.312 e. The maximum atomic E-state index is 12.3. The summed E-state index contributed by atoms with van der Waals surface area (Å²) in [6, 6.07) is 22.2. The van der Waals surface area contributed by atoms with Crippen LogP contribution in [0.2, 0.25) is 0 Å². The summed E-state index contributed by atoms with van der Waals surface area (Å²) < 4.78 is 0. The van der Waals surface area contributed by atoms with Gasteiger partial charge in [-0.05, 0) is 53.7 Å². The van der Waals surface area contributed by atoms with Gasteiger partial charge in [-0.1, -0.05) is 35.2 Å². The van der Waals surface area contributed by atoms with Gasteiger partial charge in [-0.25, -0.2) is 9.59 Å². The van der Waals surface area contributed by atoms with Gasteiger partial charge in [0.1, 0.15) is 11.0 Å². The number of carbonyl (C=O) groups is 2. The molecule has 1 heterocycles. The molecule has 4 aromatic rings. The van der Waals surface area contributed by atoms with Crippen LogP contribution < -0.4 is 15.5 Å². The van der Waals surface area contributed by atoms with Gasteiger partial charge in [0.05, 0.1) is 5.56 Å². The van der Waals surface area contributed by atoms with Crippen molar-refractivity contribution in [3.63, 3.8) is 0 Å². The molecule has 0 aliphatic heterocycles. The van der Waals surface area contributed by atoms with Crippen molar-refractivity contribution < 1.29 is 14.4 Å². The fourth-order valence-electron chi connectivity index (χ4n) is 2.55. The van der Waals surface area contributed by atoms with Crippen LogP contribution in [0.25, 0.3) is 11.0 Å². The number of fused-ring (bicyclic) bond motifs is 1. The van der Waals surface area contributed by atoms with E-state index in [2.05, 4.69) is 20.9 Å². The number of hydrogen-bond donors (Lipinski definition) is 2. The van der Waals surface area contributed by atoms with Gasteiger partial charge in [-0.15, -0.1) is 5.10 Å². The van der Waals surface area contributed by atoms with Crippen molar-refractivity contribution >= 4 is 34.4 Å². The summed E-state index contributed by atoms with van der Waals surface area (Å²) in [5.41, 5.74) is 2.75. The third kappa shape index (κ3) is 3.80. The minimum atomic E-state index is -0.587. The third-order valence-electron chi connectivity index (χ3n) is 3.90.